The average Bonchev–Trinajstić information content (AvgIpc) is 2.35. The molecule has 0 fully saturated rings. The normalized spacial score (nSPS) is 13.0. The molecule has 5 heteroatoms. The Kier molecular flexibility index (Phi) is 7.19. The molecule has 1 rings (SSSR count). The summed E-state index contributed by atoms with van der Waals surface area (Å²) in [6.45, 7) is 4.88. The van der Waals surface area contributed by atoms with Gasteiger partial charge in [0.15, 0.2) is 0 Å². The number of hydrogen-bond donors (Lipinski definition) is 1. The Bertz CT molecular complexity index is 376. The number of likely N-dealkylation sites (N-methyl/N-ethyl adjacent to an activating group) is 1. The van der Waals surface area contributed by atoms with Crippen LogP contribution in [0.5, 0.6) is 0 Å². The van der Waals surface area contributed by atoms with E-state index in [0.29, 0.717) is 11.6 Å². The average molecular weight is 336 g/mol. The molecule has 1 aromatic carbocycles. The Balaban J connectivity index is 2.72. The fourth-order valence-corrected chi connectivity index (χ4v) is 2.31. The highest BCUT2D eigenvalue weighted by atomic mass is 79.9. The van der Waals surface area contributed by atoms with Crippen molar-refractivity contribution >= 4 is 27.5 Å². The topological polar surface area (TPSA) is 38.5 Å². The van der Waals surface area contributed by atoms with E-state index in [1.807, 2.05) is 25.1 Å². The highest BCUT2D eigenvalue weighted by Gasteiger charge is 2.16. The minimum absolute atomic E-state index is 0.180. The molecule has 0 saturated carbocycles. The Morgan fingerprint density at radius 1 is 1.50 bits per heavy atom. The van der Waals surface area contributed by atoms with Crippen LogP contribution in [0.2, 0.25) is 5.02 Å². The first-order valence-corrected chi connectivity index (χ1v) is 7.20. The summed E-state index contributed by atoms with van der Waals surface area (Å²) < 4.78 is 6.27. The maximum absolute atomic E-state index is 6.00. The van der Waals surface area contributed by atoms with Crippen molar-refractivity contribution in [2.45, 2.75) is 13.0 Å². The SMILES string of the molecule is CCOCCN(C)C(CN)c1ccc(Cl)c(Br)c1. The molecule has 1 aromatic rings. The molecule has 3 nitrogen and oxygen atoms in total. The molecule has 2 N–H and O–H groups in total. The van der Waals surface area contributed by atoms with Crippen LogP contribution in [0.1, 0.15) is 18.5 Å². The van der Waals surface area contributed by atoms with Crippen LogP contribution in [0.25, 0.3) is 0 Å². The zero-order valence-electron chi connectivity index (χ0n) is 10.8. The van der Waals surface area contributed by atoms with E-state index in [0.717, 1.165) is 29.8 Å². The van der Waals surface area contributed by atoms with Crippen molar-refractivity contribution < 1.29 is 4.74 Å². The molecule has 1 atom stereocenters. The summed E-state index contributed by atoms with van der Waals surface area (Å²) in [6.07, 6.45) is 0. The number of benzene rings is 1. The van der Waals surface area contributed by atoms with Crippen LogP contribution in [0, 0.1) is 0 Å². The molecule has 1 unspecified atom stereocenters. The molecule has 0 aliphatic heterocycles. The molecule has 0 aliphatic carbocycles. The Hall–Kier alpha value is -0.130. The third-order valence-electron chi connectivity index (χ3n) is 2.88. The second kappa shape index (κ2) is 8.12. The lowest BCUT2D eigenvalue weighted by Gasteiger charge is -2.27. The minimum Gasteiger partial charge on any atom is -0.380 e. The highest BCUT2D eigenvalue weighted by molar-refractivity contribution is 9.10. The van der Waals surface area contributed by atoms with Gasteiger partial charge in [0.2, 0.25) is 0 Å². The summed E-state index contributed by atoms with van der Waals surface area (Å²) >= 11 is 9.44. The number of nitrogens with zero attached hydrogens (tertiary/aromatic N) is 1. The lowest BCUT2D eigenvalue weighted by atomic mass is 10.1. The van der Waals surface area contributed by atoms with Gasteiger partial charge in [0.05, 0.1) is 11.6 Å². The molecule has 0 saturated heterocycles. The summed E-state index contributed by atoms with van der Waals surface area (Å²) in [5, 5.41) is 0.714. The first-order chi connectivity index (χ1) is 8.60. The van der Waals surface area contributed by atoms with Gasteiger partial charge in [-0.1, -0.05) is 17.7 Å². The molecule has 102 valence electrons. The van der Waals surface area contributed by atoms with Crippen molar-refractivity contribution in [2.24, 2.45) is 5.73 Å². The van der Waals surface area contributed by atoms with Crippen LogP contribution in [0.4, 0.5) is 0 Å². The van der Waals surface area contributed by atoms with Crippen LogP contribution in [-0.2, 0) is 4.74 Å². The maximum Gasteiger partial charge on any atom is 0.0593 e. The van der Waals surface area contributed by atoms with E-state index in [4.69, 9.17) is 22.1 Å². The van der Waals surface area contributed by atoms with Crippen molar-refractivity contribution in [3.05, 3.63) is 33.3 Å². The summed E-state index contributed by atoms with van der Waals surface area (Å²) in [6, 6.07) is 6.11. The summed E-state index contributed by atoms with van der Waals surface area (Å²) in [7, 11) is 2.05. The van der Waals surface area contributed by atoms with Crippen LogP contribution < -0.4 is 5.73 Å². The van der Waals surface area contributed by atoms with Crippen LogP contribution in [0.3, 0.4) is 0 Å². The molecule has 0 amide bonds. The van der Waals surface area contributed by atoms with E-state index in [1.54, 1.807) is 0 Å². The second-order valence-corrected chi connectivity index (χ2v) is 5.36. The van der Waals surface area contributed by atoms with Gasteiger partial charge in [-0.25, -0.2) is 0 Å². The van der Waals surface area contributed by atoms with E-state index in [-0.39, 0.29) is 6.04 Å². The van der Waals surface area contributed by atoms with Crippen molar-refractivity contribution in [2.75, 3.05) is 33.4 Å². The van der Waals surface area contributed by atoms with E-state index >= 15 is 0 Å². The van der Waals surface area contributed by atoms with Gasteiger partial charge in [0.1, 0.15) is 0 Å². The lowest BCUT2D eigenvalue weighted by Crippen LogP contribution is -2.33. The number of ether oxygens (including phenoxy) is 1. The van der Waals surface area contributed by atoms with Gasteiger partial charge < -0.3 is 10.5 Å². The number of nitrogens with two attached hydrogens (primary N) is 1. The molecule has 0 aliphatic rings. The fraction of sp³-hybridized carbons (Fsp3) is 0.538. The van der Waals surface area contributed by atoms with Gasteiger partial charge in [0.25, 0.3) is 0 Å². The molecular formula is C13H20BrClN2O. The zero-order chi connectivity index (χ0) is 13.5. The van der Waals surface area contributed by atoms with Crippen molar-refractivity contribution in [3.63, 3.8) is 0 Å². The third-order valence-corrected chi connectivity index (χ3v) is 4.09. The molecule has 0 heterocycles. The third kappa shape index (κ3) is 4.52. The van der Waals surface area contributed by atoms with Gasteiger partial charge in [0, 0.05) is 30.2 Å². The number of hydrogen-bond acceptors (Lipinski definition) is 3. The predicted molar refractivity (Wildman–Crippen MR) is 80.1 cm³/mol. The highest BCUT2D eigenvalue weighted by Crippen LogP contribution is 2.27. The fourth-order valence-electron chi connectivity index (χ4n) is 1.80. The standard InChI is InChI=1S/C13H20BrClN2O/c1-3-18-7-6-17(2)13(9-16)10-4-5-12(15)11(14)8-10/h4-5,8,13H,3,6-7,9,16H2,1-2H3. The van der Waals surface area contributed by atoms with Gasteiger partial charge in [-0.15, -0.1) is 0 Å². The number of rotatable bonds is 7. The van der Waals surface area contributed by atoms with Crippen LogP contribution in [0.15, 0.2) is 22.7 Å². The molecule has 0 bridgehead atoms. The van der Waals surface area contributed by atoms with Gasteiger partial charge in [-0.3, -0.25) is 4.90 Å². The largest absolute Gasteiger partial charge is 0.380 e. The smallest absolute Gasteiger partial charge is 0.0593 e. The minimum atomic E-state index is 0.180. The molecular weight excluding hydrogens is 316 g/mol. The second-order valence-electron chi connectivity index (χ2n) is 4.10. The quantitative estimate of drug-likeness (QED) is 0.778. The zero-order valence-corrected chi connectivity index (χ0v) is 13.2. The lowest BCUT2D eigenvalue weighted by molar-refractivity contribution is 0.108. The van der Waals surface area contributed by atoms with Crippen molar-refractivity contribution in [1.82, 2.24) is 4.90 Å². The molecule has 18 heavy (non-hydrogen) atoms. The van der Waals surface area contributed by atoms with Gasteiger partial charge >= 0.3 is 0 Å². The Labute approximate surface area is 122 Å². The van der Waals surface area contributed by atoms with E-state index in [1.165, 1.54) is 0 Å². The van der Waals surface area contributed by atoms with Crippen molar-refractivity contribution in [3.8, 4) is 0 Å². The van der Waals surface area contributed by atoms with Gasteiger partial charge in [-0.2, -0.15) is 0 Å². The first kappa shape index (κ1) is 15.9. The first-order valence-electron chi connectivity index (χ1n) is 6.03. The van der Waals surface area contributed by atoms with Crippen LogP contribution in [-0.4, -0.2) is 38.3 Å². The Morgan fingerprint density at radius 2 is 2.22 bits per heavy atom. The van der Waals surface area contributed by atoms with Gasteiger partial charge in [-0.05, 0) is 47.6 Å². The summed E-state index contributed by atoms with van der Waals surface area (Å²) in [5.41, 5.74) is 7.03. The molecule has 0 aromatic heterocycles. The summed E-state index contributed by atoms with van der Waals surface area (Å²) in [5.74, 6) is 0. The summed E-state index contributed by atoms with van der Waals surface area (Å²) in [4.78, 5) is 2.20. The van der Waals surface area contributed by atoms with E-state index in [2.05, 4.69) is 27.9 Å². The predicted octanol–water partition coefficient (Wildman–Crippen LogP) is 3.07. The number of halogens is 2. The monoisotopic (exact) mass is 334 g/mol. The van der Waals surface area contributed by atoms with E-state index < -0.39 is 0 Å². The molecule has 0 radical (unpaired) electrons. The molecule has 0 spiro atoms. The van der Waals surface area contributed by atoms with Crippen molar-refractivity contribution in [1.29, 1.82) is 0 Å². The Morgan fingerprint density at radius 3 is 2.78 bits per heavy atom. The van der Waals surface area contributed by atoms with E-state index in [9.17, 15) is 0 Å². The van der Waals surface area contributed by atoms with Crippen LogP contribution >= 0.6 is 27.5 Å². The maximum atomic E-state index is 6.00.